The third-order valence-corrected chi connectivity index (χ3v) is 7.44. The summed E-state index contributed by atoms with van der Waals surface area (Å²) < 4.78 is 6.05. The molecular formula is C29H36N4O2. The van der Waals surface area contributed by atoms with Crippen molar-refractivity contribution in [3.63, 3.8) is 0 Å². The number of amides is 1. The van der Waals surface area contributed by atoms with E-state index >= 15 is 0 Å². The van der Waals surface area contributed by atoms with Crippen LogP contribution in [0.25, 0.3) is 5.57 Å². The number of carbonyl (C=O) groups excluding carboxylic acids is 1. The number of rotatable bonds is 4. The van der Waals surface area contributed by atoms with E-state index in [0.717, 1.165) is 36.9 Å². The van der Waals surface area contributed by atoms with Gasteiger partial charge >= 0.3 is 0 Å². The van der Waals surface area contributed by atoms with Crippen LogP contribution in [0.3, 0.4) is 0 Å². The van der Waals surface area contributed by atoms with Crippen LogP contribution < -0.4 is 5.32 Å². The van der Waals surface area contributed by atoms with E-state index in [1.165, 1.54) is 17.3 Å². The SMILES string of the molecule is CC.C[C@H]1C(c2ccc(NC(=O)c3ncc(C#N)[nH]3)c(C3=CCC(C)(C)CC3)c2)C[C@H]2C=C[C@@H]1O2. The summed E-state index contributed by atoms with van der Waals surface area (Å²) in [6.07, 6.45) is 12.6. The Hall–Kier alpha value is -3.17. The minimum Gasteiger partial charge on any atom is -0.367 e. The summed E-state index contributed by atoms with van der Waals surface area (Å²) in [5.41, 5.74) is 5.02. The molecule has 35 heavy (non-hydrogen) atoms. The largest absolute Gasteiger partial charge is 0.367 e. The topological polar surface area (TPSA) is 90.8 Å². The average molecular weight is 473 g/mol. The first-order chi connectivity index (χ1) is 16.8. The Kier molecular flexibility index (Phi) is 7.28. The lowest BCUT2D eigenvalue weighted by molar-refractivity contribution is -0.0240. The number of allylic oxidation sites excluding steroid dienone is 2. The van der Waals surface area contributed by atoms with Crippen LogP contribution in [0, 0.1) is 22.7 Å². The van der Waals surface area contributed by atoms with Gasteiger partial charge in [0.15, 0.2) is 5.82 Å². The average Bonchev–Trinajstić information content (AvgIpc) is 3.51. The number of nitrogens with zero attached hydrogens (tertiary/aromatic N) is 2. The molecule has 6 heteroatoms. The number of aromatic nitrogens is 2. The molecule has 0 radical (unpaired) electrons. The Balaban J connectivity index is 0.00000141. The van der Waals surface area contributed by atoms with E-state index in [9.17, 15) is 4.79 Å². The van der Waals surface area contributed by atoms with Gasteiger partial charge in [-0.25, -0.2) is 4.98 Å². The van der Waals surface area contributed by atoms with Gasteiger partial charge in [0, 0.05) is 11.3 Å². The summed E-state index contributed by atoms with van der Waals surface area (Å²) in [7, 11) is 0. The Bertz CT molecular complexity index is 1180. The van der Waals surface area contributed by atoms with Gasteiger partial charge in [-0.3, -0.25) is 4.79 Å². The Morgan fingerprint density at radius 2 is 2.09 bits per heavy atom. The highest BCUT2D eigenvalue weighted by atomic mass is 16.5. The van der Waals surface area contributed by atoms with E-state index in [0.29, 0.717) is 17.3 Å². The predicted octanol–water partition coefficient (Wildman–Crippen LogP) is 6.60. The van der Waals surface area contributed by atoms with E-state index in [1.54, 1.807) is 0 Å². The van der Waals surface area contributed by atoms with Crippen molar-refractivity contribution < 1.29 is 9.53 Å². The maximum absolute atomic E-state index is 12.9. The lowest BCUT2D eigenvalue weighted by Gasteiger charge is -2.36. The van der Waals surface area contributed by atoms with Gasteiger partial charge in [-0.05, 0) is 66.2 Å². The number of nitrogens with one attached hydrogen (secondary N) is 2. The van der Waals surface area contributed by atoms with Crippen molar-refractivity contribution in [2.75, 3.05) is 5.32 Å². The molecule has 184 valence electrons. The monoisotopic (exact) mass is 472 g/mol. The van der Waals surface area contributed by atoms with Crippen molar-refractivity contribution in [3.8, 4) is 6.07 Å². The molecule has 1 aromatic heterocycles. The van der Waals surface area contributed by atoms with Crippen molar-refractivity contribution >= 4 is 17.2 Å². The number of fused-ring (bicyclic) bond motifs is 2. The van der Waals surface area contributed by atoms with Crippen LogP contribution in [0.1, 0.15) is 93.7 Å². The van der Waals surface area contributed by atoms with Crippen molar-refractivity contribution in [2.45, 2.75) is 78.4 Å². The first-order valence-electron chi connectivity index (χ1n) is 12.8. The van der Waals surface area contributed by atoms with E-state index in [2.05, 4.69) is 66.4 Å². The Morgan fingerprint density at radius 1 is 1.29 bits per heavy atom. The highest BCUT2D eigenvalue weighted by Gasteiger charge is 2.38. The molecule has 1 aliphatic carbocycles. The standard InChI is InChI=1S/C27H30N4O2.C2H6/c1-16-21(13-20-5-7-24(16)33-20)18-4-6-23(31-26(32)25-29-15-19(14-28)30-25)22(12-18)17-8-10-27(2,3)11-9-17;1-2/h4-8,12,15-16,20-21,24H,9-11,13H2,1-3H3,(H,29,30)(H,31,32);1-2H3/t16-,20+,21?,24-;/m0./s1. The van der Waals surface area contributed by atoms with E-state index in [-0.39, 0.29) is 29.6 Å². The summed E-state index contributed by atoms with van der Waals surface area (Å²) in [6, 6.07) is 8.41. The van der Waals surface area contributed by atoms with Crippen LogP contribution in [0.2, 0.25) is 0 Å². The molecule has 2 bridgehead atoms. The molecule has 4 atom stereocenters. The third kappa shape index (κ3) is 5.26. The highest BCUT2D eigenvalue weighted by molar-refractivity contribution is 6.03. The lowest BCUT2D eigenvalue weighted by atomic mass is 9.75. The van der Waals surface area contributed by atoms with Crippen LogP contribution in [0.5, 0.6) is 0 Å². The number of H-pyrrole nitrogens is 1. The minimum atomic E-state index is -0.344. The summed E-state index contributed by atoms with van der Waals surface area (Å²) in [6.45, 7) is 10.9. The van der Waals surface area contributed by atoms with Gasteiger partial charge < -0.3 is 15.0 Å². The van der Waals surface area contributed by atoms with E-state index in [4.69, 9.17) is 10.00 Å². The summed E-state index contributed by atoms with van der Waals surface area (Å²) in [5.74, 6) is 0.612. The smallest absolute Gasteiger partial charge is 0.291 e. The van der Waals surface area contributed by atoms with Crippen LogP contribution in [0.15, 0.2) is 42.6 Å². The van der Waals surface area contributed by atoms with Gasteiger partial charge in [-0.15, -0.1) is 0 Å². The fourth-order valence-electron chi connectivity index (χ4n) is 5.26. The number of benzene rings is 1. The normalized spacial score (nSPS) is 26.2. The number of hydrogen-bond donors (Lipinski definition) is 2. The molecule has 5 rings (SSSR count). The first kappa shape index (κ1) is 24.9. The molecule has 1 amide bonds. The number of carbonyl (C=O) groups is 1. The number of anilines is 1. The lowest BCUT2D eigenvalue weighted by Crippen LogP contribution is -2.32. The molecule has 1 unspecified atom stereocenters. The van der Waals surface area contributed by atoms with Crippen molar-refractivity contribution in [1.29, 1.82) is 5.26 Å². The molecular weight excluding hydrogens is 436 g/mol. The van der Waals surface area contributed by atoms with Crippen LogP contribution >= 0.6 is 0 Å². The number of nitriles is 1. The van der Waals surface area contributed by atoms with E-state index < -0.39 is 0 Å². The molecule has 3 aliphatic rings. The van der Waals surface area contributed by atoms with Gasteiger partial charge in [0.25, 0.3) is 5.91 Å². The molecule has 2 aliphatic heterocycles. The van der Waals surface area contributed by atoms with Crippen LogP contribution in [-0.4, -0.2) is 28.1 Å². The van der Waals surface area contributed by atoms with Gasteiger partial charge in [0.2, 0.25) is 0 Å². The zero-order valence-electron chi connectivity index (χ0n) is 21.4. The van der Waals surface area contributed by atoms with Crippen LogP contribution in [0.4, 0.5) is 5.69 Å². The predicted molar refractivity (Wildman–Crippen MR) is 139 cm³/mol. The maximum atomic E-state index is 12.9. The van der Waals surface area contributed by atoms with Gasteiger partial charge in [0.1, 0.15) is 11.8 Å². The van der Waals surface area contributed by atoms with Crippen LogP contribution in [-0.2, 0) is 4.74 Å². The van der Waals surface area contributed by atoms with Crippen molar-refractivity contribution in [1.82, 2.24) is 9.97 Å². The number of hydrogen-bond acceptors (Lipinski definition) is 4. The second-order valence-electron chi connectivity index (χ2n) is 10.3. The molecule has 1 saturated heterocycles. The zero-order chi connectivity index (χ0) is 25.2. The van der Waals surface area contributed by atoms with Crippen molar-refractivity contribution in [2.24, 2.45) is 11.3 Å². The van der Waals surface area contributed by atoms with Gasteiger partial charge in [-0.1, -0.05) is 58.9 Å². The summed E-state index contributed by atoms with van der Waals surface area (Å²) in [4.78, 5) is 19.7. The van der Waals surface area contributed by atoms with Gasteiger partial charge in [-0.2, -0.15) is 5.26 Å². The second-order valence-corrected chi connectivity index (χ2v) is 10.3. The highest BCUT2D eigenvalue weighted by Crippen LogP contribution is 2.45. The Labute approximate surface area is 208 Å². The molecule has 0 saturated carbocycles. The summed E-state index contributed by atoms with van der Waals surface area (Å²) >= 11 is 0. The molecule has 1 aromatic carbocycles. The zero-order valence-corrected chi connectivity index (χ0v) is 21.4. The molecule has 2 aromatic rings. The molecule has 6 nitrogen and oxygen atoms in total. The second kappa shape index (κ2) is 10.2. The summed E-state index contributed by atoms with van der Waals surface area (Å²) in [5, 5.41) is 12.1. The maximum Gasteiger partial charge on any atom is 0.291 e. The number of aromatic amines is 1. The molecule has 1 fully saturated rings. The van der Waals surface area contributed by atoms with Crippen molar-refractivity contribution in [3.05, 3.63) is 65.3 Å². The molecule has 0 spiro atoms. The quantitative estimate of drug-likeness (QED) is 0.490. The molecule has 2 N–H and O–H groups in total. The third-order valence-electron chi connectivity index (χ3n) is 7.44. The van der Waals surface area contributed by atoms with Gasteiger partial charge in [0.05, 0.1) is 18.4 Å². The molecule has 3 heterocycles. The number of imidazole rings is 1. The number of ether oxygens (including phenoxy) is 1. The fraction of sp³-hybridized carbons (Fsp3) is 0.483. The first-order valence-corrected chi connectivity index (χ1v) is 12.8. The minimum absolute atomic E-state index is 0.140. The van der Waals surface area contributed by atoms with E-state index in [1.807, 2.05) is 26.0 Å². The Morgan fingerprint density at radius 3 is 2.77 bits per heavy atom. The fourth-order valence-corrected chi connectivity index (χ4v) is 5.26.